The minimum absolute atomic E-state index is 0.0198. The monoisotopic (exact) mass is 699 g/mol. The molecule has 1 unspecified atom stereocenters. The lowest BCUT2D eigenvalue weighted by molar-refractivity contribution is -0.143. The van der Waals surface area contributed by atoms with E-state index in [4.69, 9.17) is 19.3 Å². The van der Waals surface area contributed by atoms with Crippen molar-refractivity contribution in [1.29, 1.82) is 0 Å². The van der Waals surface area contributed by atoms with E-state index in [9.17, 15) is 35.9 Å². The van der Waals surface area contributed by atoms with Crippen molar-refractivity contribution in [2.24, 2.45) is 5.92 Å². The highest BCUT2D eigenvalue weighted by Crippen LogP contribution is 2.44. The van der Waals surface area contributed by atoms with E-state index in [-0.39, 0.29) is 61.0 Å². The smallest absolute Gasteiger partial charge is 0.416 e. The summed E-state index contributed by atoms with van der Waals surface area (Å²) in [5, 5.41) is 9.11. The summed E-state index contributed by atoms with van der Waals surface area (Å²) >= 11 is 0. The number of rotatable bonds is 12. The molecule has 1 aliphatic heterocycles. The van der Waals surface area contributed by atoms with Crippen molar-refractivity contribution in [2.75, 3.05) is 30.1 Å². The molecule has 1 aliphatic rings. The van der Waals surface area contributed by atoms with Gasteiger partial charge in [0.1, 0.15) is 0 Å². The molecule has 4 rings (SSSR count). The normalized spacial score (nSPS) is 16.8. The van der Waals surface area contributed by atoms with Crippen molar-refractivity contribution < 1.29 is 55.2 Å². The van der Waals surface area contributed by atoms with Crippen LogP contribution in [-0.4, -0.2) is 58.5 Å². The Morgan fingerprint density at radius 2 is 1.67 bits per heavy atom. The SMILES string of the molecule is CCOC(=O)N1c2ccc(OC)nc2[C@@H](N(Cc2cc(C(F)(F)F)cc(C(F)(F)F)c2)c2ncc(OCCC(C)C(=O)O)cn2)C[C@H]1CC. The number of fused-ring (bicyclic) bond motifs is 1. The molecule has 3 heterocycles. The molecule has 0 saturated heterocycles. The fourth-order valence-electron chi connectivity index (χ4n) is 5.38. The van der Waals surface area contributed by atoms with Gasteiger partial charge < -0.3 is 24.2 Å². The number of carboxylic acids is 1. The quantitative estimate of drug-likeness (QED) is 0.193. The number of aliphatic carboxylic acids is 1. The van der Waals surface area contributed by atoms with E-state index in [1.807, 2.05) is 6.92 Å². The molecule has 1 aromatic carbocycles. The zero-order chi connectivity index (χ0) is 36.1. The number of amides is 1. The average Bonchev–Trinajstić information content (AvgIpc) is 3.05. The number of carbonyl (C=O) groups is 2. The van der Waals surface area contributed by atoms with Gasteiger partial charge >= 0.3 is 24.4 Å². The van der Waals surface area contributed by atoms with E-state index in [2.05, 4.69) is 15.0 Å². The number of nitrogens with zero attached hydrogens (tertiary/aromatic N) is 5. The van der Waals surface area contributed by atoms with Crippen molar-refractivity contribution in [3.05, 3.63) is 65.1 Å². The van der Waals surface area contributed by atoms with Gasteiger partial charge in [-0.15, -0.1) is 0 Å². The Balaban J connectivity index is 1.85. The summed E-state index contributed by atoms with van der Waals surface area (Å²) in [7, 11) is 1.36. The highest BCUT2D eigenvalue weighted by molar-refractivity contribution is 5.90. The summed E-state index contributed by atoms with van der Waals surface area (Å²) in [5.74, 6) is -1.47. The lowest BCUT2D eigenvalue weighted by Gasteiger charge is -2.43. The molecular weight excluding hydrogens is 664 g/mol. The number of carbonyl (C=O) groups excluding carboxylic acids is 1. The van der Waals surface area contributed by atoms with Gasteiger partial charge in [-0.25, -0.2) is 19.7 Å². The number of benzene rings is 1. The van der Waals surface area contributed by atoms with Gasteiger partial charge in [0.05, 0.1) is 67.2 Å². The summed E-state index contributed by atoms with van der Waals surface area (Å²) in [6.45, 7) is 4.54. The standard InChI is InChI=1S/C32H35F6N5O6/c1-5-22-14-25(27-24(7-8-26(41-27)47-4)43(22)30(46)48-6-2)42(29-39-15-23(16-40-29)49-10-9-18(3)28(44)45)17-19-11-20(31(33,34)35)13-21(12-19)32(36,37)38/h7-8,11-13,15-16,18,22,25H,5-6,9-10,14,17H2,1-4H3,(H,44,45)/t18?,22-,25+/m1/s1. The molecule has 0 fully saturated rings. The van der Waals surface area contributed by atoms with Crippen molar-refractivity contribution in [3.63, 3.8) is 0 Å². The molecule has 1 N–H and O–H groups in total. The van der Waals surface area contributed by atoms with E-state index in [0.29, 0.717) is 24.2 Å². The Morgan fingerprint density at radius 1 is 1.04 bits per heavy atom. The zero-order valence-electron chi connectivity index (χ0n) is 27.0. The summed E-state index contributed by atoms with van der Waals surface area (Å²) < 4.78 is 99.1. The number of pyridine rings is 1. The van der Waals surface area contributed by atoms with Gasteiger partial charge in [0.2, 0.25) is 11.8 Å². The Labute approximate surface area is 277 Å². The van der Waals surface area contributed by atoms with Crippen LogP contribution in [0, 0.1) is 5.92 Å². The Morgan fingerprint density at radius 3 is 2.20 bits per heavy atom. The van der Waals surface area contributed by atoms with Crippen molar-refractivity contribution in [2.45, 2.75) is 71.0 Å². The maximum absolute atomic E-state index is 13.8. The van der Waals surface area contributed by atoms with Crippen LogP contribution in [0.2, 0.25) is 0 Å². The van der Waals surface area contributed by atoms with Crippen LogP contribution >= 0.6 is 0 Å². The highest BCUT2D eigenvalue weighted by atomic mass is 19.4. The molecule has 0 spiro atoms. The molecule has 2 aromatic heterocycles. The van der Waals surface area contributed by atoms with E-state index in [1.54, 1.807) is 13.0 Å². The predicted molar refractivity (Wildman–Crippen MR) is 163 cm³/mol. The van der Waals surface area contributed by atoms with Gasteiger partial charge in [0.25, 0.3) is 0 Å². The third-order valence-electron chi connectivity index (χ3n) is 7.95. The molecule has 1 amide bonds. The minimum atomic E-state index is -5.08. The van der Waals surface area contributed by atoms with Crippen LogP contribution in [0.4, 0.5) is 42.8 Å². The van der Waals surface area contributed by atoms with Crippen molar-refractivity contribution >= 4 is 23.7 Å². The first-order valence-electron chi connectivity index (χ1n) is 15.3. The number of methoxy groups -OCH3 is 1. The maximum atomic E-state index is 13.8. The second-order valence-corrected chi connectivity index (χ2v) is 11.3. The van der Waals surface area contributed by atoms with Crippen LogP contribution < -0.4 is 19.3 Å². The molecule has 11 nitrogen and oxygen atoms in total. The van der Waals surface area contributed by atoms with E-state index in [0.717, 1.165) is 0 Å². The van der Waals surface area contributed by atoms with Gasteiger partial charge in [0, 0.05) is 18.7 Å². The highest BCUT2D eigenvalue weighted by Gasteiger charge is 2.42. The average molecular weight is 700 g/mol. The molecule has 3 aromatic rings. The lowest BCUT2D eigenvalue weighted by atomic mass is 9.92. The Bertz CT molecular complexity index is 1590. The van der Waals surface area contributed by atoms with E-state index in [1.165, 1.54) is 42.3 Å². The number of hydrogen-bond acceptors (Lipinski definition) is 9. The number of aromatic nitrogens is 3. The first-order chi connectivity index (χ1) is 23.1. The van der Waals surface area contributed by atoms with Gasteiger partial charge in [-0.05, 0) is 56.0 Å². The summed E-state index contributed by atoms with van der Waals surface area (Å²) in [6, 6.07) is 3.00. The number of carboxylic acid groups (broad SMARTS) is 1. The molecule has 0 aliphatic carbocycles. The Kier molecular flexibility index (Phi) is 11.4. The second-order valence-electron chi connectivity index (χ2n) is 11.3. The van der Waals surface area contributed by atoms with Crippen LogP contribution in [0.3, 0.4) is 0 Å². The van der Waals surface area contributed by atoms with Crippen molar-refractivity contribution in [3.8, 4) is 11.6 Å². The van der Waals surface area contributed by atoms with E-state index >= 15 is 0 Å². The zero-order valence-corrected chi connectivity index (χ0v) is 27.0. The fraction of sp³-hybridized carbons (Fsp3) is 0.469. The first kappa shape index (κ1) is 37.0. The second kappa shape index (κ2) is 15.2. The number of alkyl halides is 6. The van der Waals surface area contributed by atoms with Crippen LogP contribution in [-0.2, 0) is 28.4 Å². The number of halogens is 6. The van der Waals surface area contributed by atoms with Gasteiger partial charge in [-0.3, -0.25) is 9.69 Å². The summed E-state index contributed by atoms with van der Waals surface area (Å²) in [6.07, 6.45) is -7.58. The molecule has 266 valence electrons. The number of anilines is 2. The third kappa shape index (κ3) is 8.80. The number of hydrogen-bond donors (Lipinski definition) is 1. The summed E-state index contributed by atoms with van der Waals surface area (Å²) in [4.78, 5) is 40.3. The molecule has 0 bridgehead atoms. The third-order valence-corrected chi connectivity index (χ3v) is 7.95. The largest absolute Gasteiger partial charge is 0.490 e. The predicted octanol–water partition coefficient (Wildman–Crippen LogP) is 7.30. The lowest BCUT2D eigenvalue weighted by Crippen LogP contribution is -2.48. The van der Waals surface area contributed by atoms with Crippen molar-refractivity contribution in [1.82, 2.24) is 15.0 Å². The van der Waals surface area contributed by atoms with Crippen LogP contribution in [0.15, 0.2) is 42.7 Å². The van der Waals surface area contributed by atoms with Gasteiger partial charge in [0.15, 0.2) is 5.75 Å². The minimum Gasteiger partial charge on any atom is -0.490 e. The topological polar surface area (TPSA) is 127 Å². The molecule has 3 atom stereocenters. The maximum Gasteiger partial charge on any atom is 0.416 e. The molecular formula is C32H35F6N5O6. The molecule has 0 saturated carbocycles. The van der Waals surface area contributed by atoms with Gasteiger partial charge in [-0.2, -0.15) is 26.3 Å². The summed E-state index contributed by atoms with van der Waals surface area (Å²) in [5.41, 5.74) is -2.77. The number of ether oxygens (including phenoxy) is 3. The Hall–Kier alpha value is -4.83. The van der Waals surface area contributed by atoms with Crippen LogP contribution in [0.1, 0.15) is 68.5 Å². The molecule has 49 heavy (non-hydrogen) atoms. The van der Waals surface area contributed by atoms with E-state index < -0.39 is 60.1 Å². The molecule has 17 heteroatoms. The van der Waals surface area contributed by atoms with Gasteiger partial charge in [-0.1, -0.05) is 13.8 Å². The molecule has 0 radical (unpaired) electrons. The fourth-order valence-corrected chi connectivity index (χ4v) is 5.38. The van der Waals surface area contributed by atoms with Crippen LogP contribution in [0.25, 0.3) is 0 Å². The first-order valence-corrected chi connectivity index (χ1v) is 15.3. The van der Waals surface area contributed by atoms with Crippen LogP contribution in [0.5, 0.6) is 11.6 Å².